The standard InChI is InChI=1S/C13H13ClN2O5S/c1-9-6-11(16(17)18)13(14)12(7-9)22(19,20)15(2)8-10-4-3-5-21-10/h3-7H,8H2,1-2H3. The molecule has 0 amide bonds. The van der Waals surface area contributed by atoms with E-state index in [-0.39, 0.29) is 11.4 Å². The predicted molar refractivity (Wildman–Crippen MR) is 80.2 cm³/mol. The number of halogens is 1. The van der Waals surface area contributed by atoms with Crippen LogP contribution in [0.5, 0.6) is 0 Å². The molecular weight excluding hydrogens is 332 g/mol. The van der Waals surface area contributed by atoms with Crippen molar-refractivity contribution in [3.63, 3.8) is 0 Å². The highest BCUT2D eigenvalue weighted by Crippen LogP contribution is 2.34. The van der Waals surface area contributed by atoms with E-state index in [9.17, 15) is 18.5 Å². The molecular formula is C13H13ClN2O5S. The molecule has 7 nitrogen and oxygen atoms in total. The van der Waals surface area contributed by atoms with E-state index >= 15 is 0 Å². The van der Waals surface area contributed by atoms with Gasteiger partial charge in [0.15, 0.2) is 0 Å². The van der Waals surface area contributed by atoms with Crippen molar-refractivity contribution in [2.75, 3.05) is 7.05 Å². The third kappa shape index (κ3) is 3.13. The molecule has 1 heterocycles. The van der Waals surface area contributed by atoms with Crippen LogP contribution in [-0.2, 0) is 16.6 Å². The topological polar surface area (TPSA) is 93.7 Å². The van der Waals surface area contributed by atoms with Gasteiger partial charge < -0.3 is 4.42 Å². The van der Waals surface area contributed by atoms with E-state index in [4.69, 9.17) is 16.0 Å². The summed E-state index contributed by atoms with van der Waals surface area (Å²) >= 11 is 5.92. The van der Waals surface area contributed by atoms with Gasteiger partial charge in [0.1, 0.15) is 15.7 Å². The molecule has 0 N–H and O–H groups in total. The summed E-state index contributed by atoms with van der Waals surface area (Å²) in [5.41, 5.74) is -0.00675. The van der Waals surface area contributed by atoms with Gasteiger partial charge >= 0.3 is 0 Å². The van der Waals surface area contributed by atoms with Crippen molar-refractivity contribution in [1.82, 2.24) is 4.31 Å². The summed E-state index contributed by atoms with van der Waals surface area (Å²) in [6.07, 6.45) is 1.43. The molecule has 0 radical (unpaired) electrons. The van der Waals surface area contributed by atoms with Crippen LogP contribution in [0, 0.1) is 17.0 Å². The lowest BCUT2D eigenvalue weighted by atomic mass is 10.2. The Balaban J connectivity index is 2.47. The quantitative estimate of drug-likeness (QED) is 0.614. The first-order valence-electron chi connectivity index (χ1n) is 6.16. The Kier molecular flexibility index (Phi) is 4.55. The van der Waals surface area contributed by atoms with E-state index in [0.717, 1.165) is 4.31 Å². The molecule has 0 aliphatic rings. The van der Waals surface area contributed by atoms with Crippen molar-refractivity contribution in [3.05, 3.63) is 57.0 Å². The van der Waals surface area contributed by atoms with Gasteiger partial charge in [-0.05, 0) is 30.7 Å². The largest absolute Gasteiger partial charge is 0.468 e. The molecule has 0 aliphatic carbocycles. The molecule has 0 bridgehead atoms. The van der Waals surface area contributed by atoms with Gasteiger partial charge in [0.05, 0.1) is 17.7 Å². The lowest BCUT2D eigenvalue weighted by molar-refractivity contribution is -0.385. The number of furan rings is 1. The van der Waals surface area contributed by atoms with Crippen LogP contribution in [0.3, 0.4) is 0 Å². The maximum Gasteiger partial charge on any atom is 0.289 e. The van der Waals surface area contributed by atoms with Crippen molar-refractivity contribution < 1.29 is 17.8 Å². The molecule has 0 fully saturated rings. The van der Waals surface area contributed by atoms with E-state index in [1.54, 1.807) is 19.1 Å². The second-order valence-electron chi connectivity index (χ2n) is 4.69. The Labute approximate surface area is 132 Å². The van der Waals surface area contributed by atoms with E-state index in [1.807, 2.05) is 0 Å². The molecule has 2 rings (SSSR count). The number of hydrogen-bond acceptors (Lipinski definition) is 5. The van der Waals surface area contributed by atoms with Crippen LogP contribution < -0.4 is 0 Å². The molecule has 2 aromatic rings. The summed E-state index contributed by atoms with van der Waals surface area (Å²) in [7, 11) is -2.64. The van der Waals surface area contributed by atoms with E-state index < -0.39 is 25.7 Å². The molecule has 1 aromatic heterocycles. The van der Waals surface area contributed by atoms with Crippen molar-refractivity contribution in [1.29, 1.82) is 0 Å². The van der Waals surface area contributed by atoms with Gasteiger partial charge in [-0.3, -0.25) is 10.1 Å². The third-order valence-electron chi connectivity index (χ3n) is 3.01. The first kappa shape index (κ1) is 16.5. The van der Waals surface area contributed by atoms with Gasteiger partial charge in [-0.25, -0.2) is 8.42 Å². The van der Waals surface area contributed by atoms with E-state index in [1.165, 1.54) is 25.4 Å². The Morgan fingerprint density at radius 3 is 2.64 bits per heavy atom. The van der Waals surface area contributed by atoms with E-state index in [0.29, 0.717) is 11.3 Å². The minimum atomic E-state index is -3.99. The van der Waals surface area contributed by atoms with Gasteiger partial charge in [-0.1, -0.05) is 11.6 Å². The molecule has 0 spiro atoms. The number of sulfonamides is 1. The summed E-state index contributed by atoms with van der Waals surface area (Å²) < 4.78 is 31.3. The number of benzene rings is 1. The molecule has 0 unspecified atom stereocenters. The fraction of sp³-hybridized carbons (Fsp3) is 0.231. The average molecular weight is 345 g/mol. The molecule has 1 aromatic carbocycles. The monoisotopic (exact) mass is 344 g/mol. The first-order chi connectivity index (χ1) is 10.2. The maximum atomic E-state index is 12.6. The lowest BCUT2D eigenvalue weighted by Gasteiger charge is -2.17. The summed E-state index contributed by atoms with van der Waals surface area (Å²) in [6, 6.07) is 5.81. The number of hydrogen-bond donors (Lipinski definition) is 0. The van der Waals surface area contributed by atoms with Crippen molar-refractivity contribution in [2.24, 2.45) is 0 Å². The van der Waals surface area contributed by atoms with Crippen LogP contribution >= 0.6 is 11.6 Å². The Morgan fingerprint density at radius 1 is 1.41 bits per heavy atom. The number of nitro groups is 1. The third-order valence-corrected chi connectivity index (χ3v) is 5.34. The Hall–Kier alpha value is -1.90. The minimum absolute atomic E-state index is 0.00655. The SMILES string of the molecule is Cc1cc([N+](=O)[O-])c(Cl)c(S(=O)(=O)N(C)Cc2ccco2)c1. The number of aryl methyl sites for hydroxylation is 1. The average Bonchev–Trinajstić information content (AvgIpc) is 2.93. The zero-order valence-corrected chi connectivity index (χ0v) is 13.4. The van der Waals surface area contributed by atoms with Crippen LogP contribution in [0.25, 0.3) is 0 Å². The minimum Gasteiger partial charge on any atom is -0.468 e. The van der Waals surface area contributed by atoms with Crippen molar-refractivity contribution in [2.45, 2.75) is 18.4 Å². The molecule has 0 saturated carbocycles. The van der Waals surface area contributed by atoms with Crippen LogP contribution in [0.4, 0.5) is 5.69 Å². The zero-order valence-electron chi connectivity index (χ0n) is 11.8. The van der Waals surface area contributed by atoms with Crippen molar-refractivity contribution in [3.8, 4) is 0 Å². The molecule has 118 valence electrons. The van der Waals surface area contributed by atoms with Crippen LogP contribution in [-0.4, -0.2) is 24.7 Å². The molecule has 9 heteroatoms. The van der Waals surface area contributed by atoms with Crippen LogP contribution in [0.2, 0.25) is 5.02 Å². The second kappa shape index (κ2) is 6.07. The fourth-order valence-corrected chi connectivity index (χ4v) is 3.68. The highest BCUT2D eigenvalue weighted by molar-refractivity contribution is 7.89. The van der Waals surface area contributed by atoms with Crippen LogP contribution in [0.15, 0.2) is 39.8 Å². The maximum absolute atomic E-state index is 12.6. The van der Waals surface area contributed by atoms with Gasteiger partial charge in [0.25, 0.3) is 5.69 Å². The molecule has 0 saturated heterocycles. The molecule has 0 aliphatic heterocycles. The lowest BCUT2D eigenvalue weighted by Crippen LogP contribution is -2.26. The van der Waals surface area contributed by atoms with Gasteiger partial charge in [-0.2, -0.15) is 4.31 Å². The van der Waals surface area contributed by atoms with Gasteiger partial charge in [0, 0.05) is 13.1 Å². The number of rotatable bonds is 5. The first-order valence-corrected chi connectivity index (χ1v) is 7.98. The zero-order chi connectivity index (χ0) is 16.5. The van der Waals surface area contributed by atoms with Gasteiger partial charge in [-0.15, -0.1) is 0 Å². The van der Waals surface area contributed by atoms with Crippen molar-refractivity contribution >= 4 is 27.3 Å². The summed E-state index contributed by atoms with van der Waals surface area (Å²) in [4.78, 5) is 9.97. The van der Waals surface area contributed by atoms with Gasteiger partial charge in [0.2, 0.25) is 10.0 Å². The van der Waals surface area contributed by atoms with E-state index in [2.05, 4.69) is 0 Å². The predicted octanol–water partition coefficient (Wildman–Crippen LogP) is 2.97. The molecule has 22 heavy (non-hydrogen) atoms. The summed E-state index contributed by atoms with van der Waals surface area (Å²) in [5.74, 6) is 0.448. The highest BCUT2D eigenvalue weighted by Gasteiger charge is 2.29. The van der Waals surface area contributed by atoms with Crippen LogP contribution in [0.1, 0.15) is 11.3 Å². The number of nitrogens with zero attached hydrogens (tertiary/aromatic N) is 2. The molecule has 0 atom stereocenters. The Bertz CT molecular complexity index is 802. The normalized spacial score (nSPS) is 11.8. The number of nitro benzene ring substituents is 1. The smallest absolute Gasteiger partial charge is 0.289 e. The fourth-order valence-electron chi connectivity index (χ4n) is 1.91. The summed E-state index contributed by atoms with van der Waals surface area (Å²) in [5, 5.41) is 10.6. The highest BCUT2D eigenvalue weighted by atomic mass is 35.5. The second-order valence-corrected chi connectivity index (χ2v) is 7.08. The summed E-state index contributed by atoms with van der Waals surface area (Å²) in [6.45, 7) is 1.56. The Morgan fingerprint density at radius 2 is 2.09 bits per heavy atom.